The molecule has 1 heterocycles. The van der Waals surface area contributed by atoms with Crippen LogP contribution in [0.3, 0.4) is 0 Å². The Morgan fingerprint density at radius 3 is 2.71 bits per heavy atom. The first-order chi connectivity index (χ1) is 9.93. The lowest BCUT2D eigenvalue weighted by molar-refractivity contribution is 0.107. The lowest BCUT2D eigenvalue weighted by Crippen LogP contribution is -2.40. The van der Waals surface area contributed by atoms with E-state index in [0.717, 1.165) is 11.3 Å². The molecular formula is C15H21NO4S. The van der Waals surface area contributed by atoms with Gasteiger partial charge in [0.15, 0.2) is 9.84 Å². The van der Waals surface area contributed by atoms with Crippen LogP contribution >= 0.6 is 0 Å². The summed E-state index contributed by atoms with van der Waals surface area (Å²) in [5, 5.41) is 9.83. The predicted molar refractivity (Wildman–Crippen MR) is 83.1 cm³/mol. The molecule has 1 aliphatic heterocycles. The number of benzene rings is 1. The van der Waals surface area contributed by atoms with Gasteiger partial charge in [0.05, 0.1) is 30.8 Å². The quantitative estimate of drug-likeness (QED) is 0.871. The fraction of sp³-hybridized carbons (Fsp3) is 0.467. The molecule has 2 rings (SSSR count). The number of rotatable bonds is 5. The standard InChI is InChI=1S/C15H21NO4S/c1-16(13-10-21(18,19)11-14(13)17)9-5-7-12-6-3-4-8-15(12)20-2/h3-8,13-14,17H,9-11H2,1-2H3/b7-5+/t13-,14-/m1/s1. The number of aliphatic hydroxyl groups is 1. The van der Waals surface area contributed by atoms with Gasteiger partial charge in [-0.2, -0.15) is 0 Å². The Balaban J connectivity index is 1.98. The average molecular weight is 311 g/mol. The monoisotopic (exact) mass is 311 g/mol. The minimum atomic E-state index is -3.11. The first kappa shape index (κ1) is 16.0. The van der Waals surface area contributed by atoms with Gasteiger partial charge < -0.3 is 9.84 Å². The minimum Gasteiger partial charge on any atom is -0.496 e. The number of ether oxygens (including phenoxy) is 1. The molecule has 0 amide bonds. The van der Waals surface area contributed by atoms with Crippen LogP contribution < -0.4 is 4.74 Å². The highest BCUT2D eigenvalue weighted by molar-refractivity contribution is 7.91. The number of nitrogens with zero attached hydrogens (tertiary/aromatic N) is 1. The van der Waals surface area contributed by atoms with Gasteiger partial charge in [0, 0.05) is 12.1 Å². The van der Waals surface area contributed by atoms with Crippen molar-refractivity contribution in [1.29, 1.82) is 0 Å². The lowest BCUT2D eigenvalue weighted by Gasteiger charge is -2.24. The zero-order valence-electron chi connectivity index (χ0n) is 12.3. The molecule has 1 aliphatic rings. The summed E-state index contributed by atoms with van der Waals surface area (Å²) in [6, 6.07) is 7.33. The van der Waals surface area contributed by atoms with Gasteiger partial charge in [0.2, 0.25) is 0 Å². The van der Waals surface area contributed by atoms with Gasteiger partial charge in [0.1, 0.15) is 5.75 Å². The fourth-order valence-corrected chi connectivity index (χ4v) is 4.39. The fourth-order valence-electron chi connectivity index (χ4n) is 2.52. The summed E-state index contributed by atoms with van der Waals surface area (Å²) in [5.74, 6) is 0.672. The molecule has 0 unspecified atom stereocenters. The van der Waals surface area contributed by atoms with E-state index in [-0.39, 0.29) is 17.5 Å². The van der Waals surface area contributed by atoms with E-state index in [2.05, 4.69) is 0 Å². The van der Waals surface area contributed by atoms with E-state index in [1.165, 1.54) is 0 Å². The van der Waals surface area contributed by atoms with Crippen molar-refractivity contribution >= 4 is 15.9 Å². The summed E-state index contributed by atoms with van der Waals surface area (Å²) >= 11 is 0. The van der Waals surface area contributed by atoms with Crippen LogP contribution in [0.15, 0.2) is 30.3 Å². The number of hydrogen-bond acceptors (Lipinski definition) is 5. The van der Waals surface area contributed by atoms with Crippen LogP contribution in [0.5, 0.6) is 5.75 Å². The number of hydrogen-bond donors (Lipinski definition) is 1. The third kappa shape index (κ3) is 4.06. The molecule has 0 radical (unpaired) electrons. The van der Waals surface area contributed by atoms with E-state index in [1.807, 2.05) is 48.4 Å². The molecule has 1 N–H and O–H groups in total. The molecule has 1 saturated heterocycles. The van der Waals surface area contributed by atoms with Gasteiger partial charge in [-0.25, -0.2) is 8.42 Å². The highest BCUT2D eigenvalue weighted by Crippen LogP contribution is 2.20. The molecule has 1 aromatic rings. The smallest absolute Gasteiger partial charge is 0.154 e. The van der Waals surface area contributed by atoms with Crippen molar-refractivity contribution < 1.29 is 18.3 Å². The van der Waals surface area contributed by atoms with Crippen molar-refractivity contribution in [2.24, 2.45) is 0 Å². The summed E-state index contributed by atoms with van der Waals surface area (Å²) in [6.45, 7) is 0.565. The Morgan fingerprint density at radius 1 is 1.38 bits per heavy atom. The largest absolute Gasteiger partial charge is 0.496 e. The van der Waals surface area contributed by atoms with Crippen molar-refractivity contribution in [2.45, 2.75) is 12.1 Å². The number of sulfone groups is 1. The molecule has 1 fully saturated rings. The maximum Gasteiger partial charge on any atom is 0.154 e. The topological polar surface area (TPSA) is 66.8 Å². The highest BCUT2D eigenvalue weighted by Gasteiger charge is 2.38. The number of methoxy groups -OCH3 is 1. The number of aliphatic hydroxyl groups excluding tert-OH is 1. The second kappa shape index (κ2) is 6.60. The molecule has 0 bridgehead atoms. The molecule has 6 heteroatoms. The molecule has 116 valence electrons. The zero-order chi connectivity index (χ0) is 15.5. The van der Waals surface area contributed by atoms with Crippen molar-refractivity contribution in [2.75, 3.05) is 32.2 Å². The van der Waals surface area contributed by atoms with E-state index in [0.29, 0.717) is 6.54 Å². The maximum atomic E-state index is 11.5. The van der Waals surface area contributed by atoms with Crippen LogP contribution in [0.4, 0.5) is 0 Å². The van der Waals surface area contributed by atoms with E-state index < -0.39 is 15.9 Å². The van der Waals surface area contributed by atoms with Gasteiger partial charge in [-0.15, -0.1) is 0 Å². The van der Waals surface area contributed by atoms with E-state index in [4.69, 9.17) is 4.74 Å². The Morgan fingerprint density at radius 2 is 2.10 bits per heavy atom. The van der Waals surface area contributed by atoms with Gasteiger partial charge >= 0.3 is 0 Å². The minimum absolute atomic E-state index is 0.0210. The van der Waals surface area contributed by atoms with Crippen molar-refractivity contribution in [3.05, 3.63) is 35.9 Å². The Labute approximate surface area is 125 Å². The van der Waals surface area contributed by atoms with Gasteiger partial charge in [0.25, 0.3) is 0 Å². The average Bonchev–Trinajstić information content (AvgIpc) is 2.72. The van der Waals surface area contributed by atoms with Gasteiger partial charge in [-0.3, -0.25) is 4.90 Å². The van der Waals surface area contributed by atoms with Gasteiger partial charge in [-0.1, -0.05) is 30.4 Å². The van der Waals surface area contributed by atoms with Crippen LogP contribution in [0.25, 0.3) is 6.08 Å². The molecular weight excluding hydrogens is 290 g/mol. The molecule has 0 spiro atoms. The summed E-state index contributed by atoms with van der Waals surface area (Å²) in [5.41, 5.74) is 0.966. The maximum absolute atomic E-state index is 11.5. The Kier molecular flexibility index (Phi) is 5.03. The summed E-state index contributed by atoms with van der Waals surface area (Å²) in [7, 11) is 0.331. The van der Waals surface area contributed by atoms with E-state index >= 15 is 0 Å². The van der Waals surface area contributed by atoms with Crippen LogP contribution in [0.2, 0.25) is 0 Å². The van der Waals surface area contributed by atoms with E-state index in [1.54, 1.807) is 7.11 Å². The van der Waals surface area contributed by atoms with Crippen molar-refractivity contribution in [3.63, 3.8) is 0 Å². The lowest BCUT2D eigenvalue weighted by atomic mass is 10.1. The van der Waals surface area contributed by atoms with Crippen molar-refractivity contribution in [3.8, 4) is 5.75 Å². The Hall–Kier alpha value is -1.37. The second-order valence-electron chi connectivity index (χ2n) is 5.30. The summed E-state index contributed by atoms with van der Waals surface area (Å²) in [4.78, 5) is 1.86. The number of likely N-dealkylation sites (N-methyl/N-ethyl adjacent to an activating group) is 1. The summed E-state index contributed by atoms with van der Waals surface area (Å²) in [6.07, 6.45) is 3.07. The number of para-hydroxylation sites is 1. The normalized spacial score (nSPS) is 24.8. The van der Waals surface area contributed by atoms with Crippen LogP contribution in [0.1, 0.15) is 5.56 Å². The van der Waals surface area contributed by atoms with E-state index in [9.17, 15) is 13.5 Å². The molecule has 0 aliphatic carbocycles. The first-order valence-electron chi connectivity index (χ1n) is 6.81. The van der Waals surface area contributed by atoms with Crippen LogP contribution in [0, 0.1) is 0 Å². The Bertz CT molecular complexity index is 612. The summed E-state index contributed by atoms with van der Waals surface area (Å²) < 4.78 is 28.3. The molecule has 2 atom stereocenters. The molecule has 0 saturated carbocycles. The molecule has 21 heavy (non-hydrogen) atoms. The highest BCUT2D eigenvalue weighted by atomic mass is 32.2. The molecule has 0 aromatic heterocycles. The van der Waals surface area contributed by atoms with Crippen molar-refractivity contribution in [1.82, 2.24) is 4.90 Å². The van der Waals surface area contributed by atoms with Crippen LogP contribution in [-0.2, 0) is 9.84 Å². The molecule has 5 nitrogen and oxygen atoms in total. The molecule has 1 aromatic carbocycles. The zero-order valence-corrected chi connectivity index (χ0v) is 13.1. The third-order valence-electron chi connectivity index (χ3n) is 3.69. The van der Waals surface area contributed by atoms with Crippen LogP contribution in [-0.4, -0.2) is 62.8 Å². The second-order valence-corrected chi connectivity index (χ2v) is 7.45. The van der Waals surface area contributed by atoms with Gasteiger partial charge in [-0.05, 0) is 13.1 Å². The third-order valence-corrected chi connectivity index (χ3v) is 5.39. The predicted octanol–water partition coefficient (Wildman–Crippen LogP) is 0.798. The first-order valence-corrected chi connectivity index (χ1v) is 8.63. The SMILES string of the molecule is COc1ccccc1/C=C/CN(C)[C@@H]1CS(=O)(=O)C[C@H]1O.